The van der Waals surface area contributed by atoms with Gasteiger partial charge >= 0.3 is 0 Å². The van der Waals surface area contributed by atoms with Crippen LogP contribution in [0.2, 0.25) is 0 Å². The van der Waals surface area contributed by atoms with E-state index in [1.165, 1.54) is 0 Å². The summed E-state index contributed by atoms with van der Waals surface area (Å²) in [6.07, 6.45) is 2.46. The molecule has 0 fully saturated rings. The molecule has 0 radical (unpaired) electrons. The molecule has 27 heavy (non-hydrogen) atoms. The molecule has 0 spiro atoms. The van der Waals surface area contributed by atoms with E-state index < -0.39 is 4.92 Å². The molecule has 0 atom stereocenters. The van der Waals surface area contributed by atoms with Gasteiger partial charge in [0.25, 0.3) is 6.20 Å². The lowest BCUT2D eigenvalue weighted by Gasteiger charge is -2.12. The second-order valence-corrected chi connectivity index (χ2v) is 5.88. The van der Waals surface area contributed by atoms with E-state index in [0.29, 0.717) is 18.9 Å². The first kappa shape index (κ1) is 20.1. The number of benzene rings is 2. The van der Waals surface area contributed by atoms with Crippen LogP contribution in [0.15, 0.2) is 60.6 Å². The summed E-state index contributed by atoms with van der Waals surface area (Å²) in [6, 6.07) is 15.5. The first-order valence-corrected chi connectivity index (χ1v) is 8.69. The van der Waals surface area contributed by atoms with E-state index in [9.17, 15) is 10.1 Å². The summed E-state index contributed by atoms with van der Waals surface area (Å²) in [5.41, 5.74) is 2.25. The topological polar surface area (TPSA) is 85.7 Å². The van der Waals surface area contributed by atoms with Crippen molar-refractivity contribution in [3.8, 4) is 11.5 Å². The van der Waals surface area contributed by atoms with Crippen molar-refractivity contribution in [2.45, 2.75) is 12.8 Å². The fraction of sp³-hybridized carbons (Fsp3) is 0.300. The van der Waals surface area contributed by atoms with E-state index in [4.69, 9.17) is 9.47 Å². The van der Waals surface area contributed by atoms with Crippen LogP contribution >= 0.6 is 0 Å². The molecule has 7 nitrogen and oxygen atoms in total. The minimum atomic E-state index is -0.462. The van der Waals surface area contributed by atoms with Crippen molar-refractivity contribution in [1.82, 2.24) is 10.6 Å². The molecule has 0 aliphatic heterocycles. The Hall–Kier alpha value is -3.22. The second-order valence-electron chi connectivity index (χ2n) is 5.88. The Bertz CT molecular complexity index is 687. The molecule has 0 aromatic heterocycles. The van der Waals surface area contributed by atoms with E-state index in [1.54, 1.807) is 14.2 Å². The van der Waals surface area contributed by atoms with Gasteiger partial charge in [0.15, 0.2) is 5.82 Å². The molecule has 0 bridgehead atoms. The number of methoxy groups -OCH3 is 2. The van der Waals surface area contributed by atoms with Gasteiger partial charge in [0.2, 0.25) is 0 Å². The lowest BCUT2D eigenvalue weighted by Crippen LogP contribution is -2.30. The van der Waals surface area contributed by atoms with Crippen LogP contribution in [0.5, 0.6) is 11.5 Å². The highest BCUT2D eigenvalue weighted by atomic mass is 16.6. The number of hydrogen-bond acceptors (Lipinski definition) is 6. The van der Waals surface area contributed by atoms with Crippen LogP contribution in [0.1, 0.15) is 11.1 Å². The molecular formula is C20H25N3O4. The number of nitrogens with one attached hydrogen (secondary N) is 2. The van der Waals surface area contributed by atoms with E-state index in [-0.39, 0.29) is 0 Å². The molecule has 0 saturated carbocycles. The number of ether oxygens (including phenoxy) is 2. The third kappa shape index (κ3) is 7.27. The Morgan fingerprint density at radius 2 is 1.30 bits per heavy atom. The average Bonchev–Trinajstić information content (AvgIpc) is 2.68. The van der Waals surface area contributed by atoms with Gasteiger partial charge in [-0.15, -0.1) is 0 Å². The quantitative estimate of drug-likeness (QED) is 0.467. The van der Waals surface area contributed by atoms with Crippen LogP contribution in [0.25, 0.3) is 0 Å². The minimum absolute atomic E-state index is 0.405. The van der Waals surface area contributed by atoms with Gasteiger partial charge in [-0.3, -0.25) is 10.1 Å². The molecule has 2 rings (SSSR count). The molecule has 0 unspecified atom stereocenters. The smallest absolute Gasteiger partial charge is 0.274 e. The zero-order valence-electron chi connectivity index (χ0n) is 15.6. The van der Waals surface area contributed by atoms with Gasteiger partial charge in [-0.05, 0) is 48.2 Å². The van der Waals surface area contributed by atoms with Gasteiger partial charge in [-0.1, -0.05) is 24.3 Å². The maximum absolute atomic E-state index is 10.8. The Labute approximate surface area is 159 Å². The number of rotatable bonds is 11. The monoisotopic (exact) mass is 371 g/mol. The fourth-order valence-electron chi connectivity index (χ4n) is 2.53. The number of nitrogens with zero attached hydrogens (tertiary/aromatic N) is 1. The zero-order chi connectivity index (χ0) is 19.5. The lowest BCUT2D eigenvalue weighted by atomic mass is 10.1. The predicted molar refractivity (Wildman–Crippen MR) is 104 cm³/mol. The van der Waals surface area contributed by atoms with Gasteiger partial charge in [-0.25, -0.2) is 0 Å². The van der Waals surface area contributed by atoms with Gasteiger partial charge in [-0.2, -0.15) is 0 Å². The van der Waals surface area contributed by atoms with Crippen molar-refractivity contribution in [3.05, 3.63) is 81.8 Å². The molecule has 7 heteroatoms. The van der Waals surface area contributed by atoms with Crippen LogP contribution in [0, 0.1) is 10.1 Å². The Balaban J connectivity index is 1.80. The van der Waals surface area contributed by atoms with Gasteiger partial charge in [0.1, 0.15) is 11.5 Å². The normalized spacial score (nSPS) is 10.0. The third-order valence-electron chi connectivity index (χ3n) is 4.01. The second kappa shape index (κ2) is 10.7. The maximum atomic E-state index is 10.8. The van der Waals surface area contributed by atoms with Gasteiger partial charge in [0, 0.05) is 13.1 Å². The van der Waals surface area contributed by atoms with Crippen LogP contribution < -0.4 is 20.1 Å². The molecule has 0 aliphatic carbocycles. The van der Waals surface area contributed by atoms with Crippen molar-refractivity contribution in [2.24, 2.45) is 0 Å². The van der Waals surface area contributed by atoms with Crippen molar-refractivity contribution in [3.63, 3.8) is 0 Å². The van der Waals surface area contributed by atoms with E-state index in [1.807, 2.05) is 48.5 Å². The molecule has 0 amide bonds. The van der Waals surface area contributed by atoms with Crippen molar-refractivity contribution in [1.29, 1.82) is 0 Å². The van der Waals surface area contributed by atoms with E-state index >= 15 is 0 Å². The average molecular weight is 371 g/mol. The molecule has 0 heterocycles. The minimum Gasteiger partial charge on any atom is -0.497 e. The van der Waals surface area contributed by atoms with Crippen LogP contribution in [0.4, 0.5) is 0 Å². The third-order valence-corrected chi connectivity index (χ3v) is 4.01. The largest absolute Gasteiger partial charge is 0.497 e. The molecule has 2 aromatic carbocycles. The summed E-state index contributed by atoms with van der Waals surface area (Å²) < 4.78 is 10.3. The first-order valence-electron chi connectivity index (χ1n) is 8.69. The van der Waals surface area contributed by atoms with Gasteiger partial charge < -0.3 is 20.1 Å². The van der Waals surface area contributed by atoms with E-state index in [2.05, 4.69) is 10.6 Å². The van der Waals surface area contributed by atoms with E-state index in [0.717, 1.165) is 41.7 Å². The highest BCUT2D eigenvalue weighted by Gasteiger charge is 2.03. The summed E-state index contributed by atoms with van der Waals surface area (Å²) >= 11 is 0. The summed E-state index contributed by atoms with van der Waals surface area (Å²) in [5, 5.41) is 17.0. The maximum Gasteiger partial charge on any atom is 0.274 e. The molecule has 2 aromatic rings. The summed E-state index contributed by atoms with van der Waals surface area (Å²) in [5.74, 6) is 2.02. The lowest BCUT2D eigenvalue weighted by molar-refractivity contribution is -0.404. The first-order chi connectivity index (χ1) is 13.1. The summed E-state index contributed by atoms with van der Waals surface area (Å²) in [4.78, 5) is 10.4. The fourth-order valence-corrected chi connectivity index (χ4v) is 2.53. The Morgan fingerprint density at radius 3 is 1.63 bits per heavy atom. The molecule has 2 N–H and O–H groups in total. The van der Waals surface area contributed by atoms with Crippen LogP contribution in [-0.4, -0.2) is 32.2 Å². The molecule has 0 saturated heterocycles. The molecule has 144 valence electrons. The number of hydrogen-bond donors (Lipinski definition) is 2. The standard InChI is InChI=1S/C20H25N3O4/c1-26-18-7-3-16(4-8-18)11-13-21-20(15-23(24)25)22-14-12-17-5-9-19(27-2)10-6-17/h3-10,15,21-22H,11-14H2,1-2H3. The summed E-state index contributed by atoms with van der Waals surface area (Å²) in [6.45, 7) is 1.17. The van der Waals surface area contributed by atoms with Gasteiger partial charge in [0.05, 0.1) is 19.1 Å². The zero-order valence-corrected chi connectivity index (χ0v) is 15.6. The predicted octanol–water partition coefficient (Wildman–Crippen LogP) is 2.74. The van der Waals surface area contributed by atoms with Crippen molar-refractivity contribution >= 4 is 0 Å². The SMILES string of the molecule is COc1ccc(CCNC(=C[N+](=O)[O-])NCCc2ccc(OC)cc2)cc1. The van der Waals surface area contributed by atoms with Crippen LogP contribution in [-0.2, 0) is 12.8 Å². The van der Waals surface area contributed by atoms with Crippen molar-refractivity contribution in [2.75, 3.05) is 27.3 Å². The highest BCUT2D eigenvalue weighted by Crippen LogP contribution is 2.12. The Kier molecular flexibility index (Phi) is 7.96. The highest BCUT2D eigenvalue weighted by molar-refractivity contribution is 5.28. The van der Waals surface area contributed by atoms with Crippen molar-refractivity contribution < 1.29 is 14.4 Å². The van der Waals surface area contributed by atoms with Crippen LogP contribution in [0.3, 0.4) is 0 Å². The summed E-state index contributed by atoms with van der Waals surface area (Å²) in [7, 11) is 3.26. The molecule has 0 aliphatic rings. The molecular weight excluding hydrogens is 346 g/mol. The number of nitro groups is 1. The Morgan fingerprint density at radius 1 is 0.889 bits per heavy atom.